The van der Waals surface area contributed by atoms with Gasteiger partial charge in [0, 0.05) is 0 Å². The number of carboxylic acid groups (broad SMARTS) is 1. The van der Waals surface area contributed by atoms with E-state index in [-0.39, 0.29) is 24.2 Å². The molecule has 0 aliphatic heterocycles. The highest BCUT2D eigenvalue weighted by Crippen LogP contribution is 2.19. The van der Waals surface area contributed by atoms with Crippen LogP contribution in [0, 0.1) is 12.3 Å². The van der Waals surface area contributed by atoms with Crippen molar-refractivity contribution in [3.8, 4) is 12.3 Å². The average Bonchev–Trinajstić information content (AvgIpc) is 2.72. The smallest absolute Gasteiger partial charge is 0.325 e. The molecule has 0 spiro atoms. The van der Waals surface area contributed by atoms with Crippen molar-refractivity contribution in [3.63, 3.8) is 0 Å². The summed E-state index contributed by atoms with van der Waals surface area (Å²) in [6.07, 6.45) is 5.02. The first kappa shape index (κ1) is 14.0. The zero-order valence-electron chi connectivity index (χ0n) is 9.53. The number of amides is 1. The minimum absolute atomic E-state index is 0.143. The Morgan fingerprint density at radius 1 is 1.67 bits per heavy atom. The van der Waals surface area contributed by atoms with Gasteiger partial charge in [-0.2, -0.15) is 0 Å². The number of carboxylic acids is 1. The highest BCUT2D eigenvalue weighted by molar-refractivity contribution is 8.00. The summed E-state index contributed by atoms with van der Waals surface area (Å²) >= 11 is 1.06. The summed E-state index contributed by atoms with van der Waals surface area (Å²) in [5.74, 6) is 0.963. The zero-order valence-corrected chi connectivity index (χ0v) is 10.3. The lowest BCUT2D eigenvalue weighted by Gasteiger charge is -2.09. The van der Waals surface area contributed by atoms with Crippen LogP contribution >= 0.6 is 11.8 Å². The molecule has 1 aromatic heterocycles. The van der Waals surface area contributed by atoms with E-state index < -0.39 is 11.2 Å². The summed E-state index contributed by atoms with van der Waals surface area (Å²) in [5, 5.41) is 21.5. The number of aromatic nitrogens is 4. The zero-order chi connectivity index (χ0) is 13.5. The molecular weight excluding hydrogens is 258 g/mol. The van der Waals surface area contributed by atoms with Crippen LogP contribution in [0.25, 0.3) is 0 Å². The molecule has 0 aliphatic carbocycles. The van der Waals surface area contributed by atoms with Crippen molar-refractivity contribution in [2.24, 2.45) is 0 Å². The van der Waals surface area contributed by atoms with Crippen molar-refractivity contribution >= 4 is 23.6 Å². The molecule has 1 amide bonds. The first-order valence-corrected chi connectivity index (χ1v) is 5.78. The molecule has 0 fully saturated rings. The molecule has 1 aromatic rings. The van der Waals surface area contributed by atoms with Gasteiger partial charge in [-0.25, -0.2) is 4.68 Å². The Bertz CT molecular complexity index is 481. The lowest BCUT2D eigenvalue weighted by molar-refractivity contribution is -0.138. The van der Waals surface area contributed by atoms with Gasteiger partial charge >= 0.3 is 5.97 Å². The summed E-state index contributed by atoms with van der Waals surface area (Å²) < 4.78 is 1.11. The molecule has 8 nitrogen and oxygen atoms in total. The van der Waals surface area contributed by atoms with Crippen LogP contribution in [-0.4, -0.2) is 49.0 Å². The van der Waals surface area contributed by atoms with Crippen LogP contribution in [-0.2, 0) is 16.1 Å². The van der Waals surface area contributed by atoms with E-state index in [9.17, 15) is 9.59 Å². The molecule has 0 saturated heterocycles. The lowest BCUT2D eigenvalue weighted by atomic mass is 10.4. The molecule has 1 heterocycles. The number of rotatable bonds is 6. The van der Waals surface area contributed by atoms with Gasteiger partial charge in [0.2, 0.25) is 11.1 Å². The van der Waals surface area contributed by atoms with E-state index in [1.807, 2.05) is 0 Å². The number of carbonyl (C=O) groups excluding carboxylic acids is 1. The number of terminal acetylenes is 1. The Labute approximate surface area is 107 Å². The normalized spacial score (nSPS) is 11.6. The van der Waals surface area contributed by atoms with E-state index >= 15 is 0 Å². The number of nitrogens with one attached hydrogen (secondary N) is 1. The third-order valence-corrected chi connectivity index (χ3v) is 2.87. The Morgan fingerprint density at radius 3 is 3.00 bits per heavy atom. The second-order valence-corrected chi connectivity index (χ2v) is 4.50. The van der Waals surface area contributed by atoms with Crippen molar-refractivity contribution in [3.05, 3.63) is 0 Å². The lowest BCUT2D eigenvalue weighted by Crippen LogP contribution is -2.31. The van der Waals surface area contributed by atoms with Crippen LogP contribution in [0.3, 0.4) is 0 Å². The van der Waals surface area contributed by atoms with Gasteiger partial charge in [0.05, 0.1) is 11.8 Å². The van der Waals surface area contributed by atoms with Crippen LogP contribution in [0.2, 0.25) is 0 Å². The topological polar surface area (TPSA) is 110 Å². The molecule has 2 N–H and O–H groups in total. The second kappa shape index (κ2) is 6.61. The standard InChI is InChI=1S/C9H11N5O3S/c1-3-4-10-8(17)6(2)18-9-11-12-13-14(9)5-7(15)16/h1,6H,4-5H2,2H3,(H,10,17)(H,15,16). The van der Waals surface area contributed by atoms with Crippen LogP contribution in [0.5, 0.6) is 0 Å². The van der Waals surface area contributed by atoms with Gasteiger partial charge in [0.25, 0.3) is 0 Å². The quantitative estimate of drug-likeness (QED) is 0.502. The third-order valence-electron chi connectivity index (χ3n) is 1.80. The van der Waals surface area contributed by atoms with E-state index in [4.69, 9.17) is 11.5 Å². The summed E-state index contributed by atoms with van der Waals surface area (Å²) in [5.41, 5.74) is 0. The van der Waals surface area contributed by atoms with E-state index in [2.05, 4.69) is 26.8 Å². The van der Waals surface area contributed by atoms with Crippen LogP contribution < -0.4 is 5.32 Å². The van der Waals surface area contributed by atoms with Gasteiger partial charge in [-0.3, -0.25) is 9.59 Å². The summed E-state index contributed by atoms with van der Waals surface area (Å²) in [4.78, 5) is 22.1. The van der Waals surface area contributed by atoms with Crippen molar-refractivity contribution in [2.45, 2.75) is 23.9 Å². The van der Waals surface area contributed by atoms with Gasteiger partial charge in [-0.05, 0) is 17.4 Å². The van der Waals surface area contributed by atoms with E-state index in [1.165, 1.54) is 0 Å². The maximum absolute atomic E-state index is 11.5. The largest absolute Gasteiger partial charge is 0.480 e. The molecule has 1 unspecified atom stereocenters. The molecule has 96 valence electrons. The van der Waals surface area contributed by atoms with Crippen molar-refractivity contribution in [1.29, 1.82) is 0 Å². The first-order chi connectivity index (χ1) is 8.54. The summed E-state index contributed by atoms with van der Waals surface area (Å²) in [6, 6.07) is 0. The van der Waals surface area contributed by atoms with Crippen molar-refractivity contribution in [2.75, 3.05) is 6.54 Å². The van der Waals surface area contributed by atoms with Gasteiger partial charge in [-0.1, -0.05) is 17.7 Å². The summed E-state index contributed by atoms with van der Waals surface area (Å²) in [6.45, 7) is 1.44. The molecule has 0 radical (unpaired) electrons. The fourth-order valence-corrected chi connectivity index (χ4v) is 1.81. The maximum atomic E-state index is 11.5. The molecule has 0 aliphatic rings. The third kappa shape index (κ3) is 4.06. The molecule has 18 heavy (non-hydrogen) atoms. The average molecular weight is 269 g/mol. The molecule has 0 aromatic carbocycles. The molecule has 1 rings (SSSR count). The second-order valence-electron chi connectivity index (χ2n) is 3.19. The SMILES string of the molecule is C#CCNC(=O)C(C)Sc1nnnn1CC(=O)O. The predicted molar refractivity (Wildman–Crippen MR) is 62.6 cm³/mol. The Morgan fingerprint density at radius 2 is 2.39 bits per heavy atom. The minimum atomic E-state index is -1.06. The van der Waals surface area contributed by atoms with Crippen molar-refractivity contribution in [1.82, 2.24) is 25.5 Å². The predicted octanol–water partition coefficient (Wildman–Crippen LogP) is -1.01. The first-order valence-electron chi connectivity index (χ1n) is 4.90. The molecule has 1 atom stereocenters. The minimum Gasteiger partial charge on any atom is -0.480 e. The van der Waals surface area contributed by atoms with Crippen molar-refractivity contribution < 1.29 is 14.7 Å². The van der Waals surface area contributed by atoms with E-state index in [0.29, 0.717) is 0 Å². The van der Waals surface area contributed by atoms with Crippen LogP contribution in [0.15, 0.2) is 5.16 Å². The van der Waals surface area contributed by atoms with Crippen LogP contribution in [0.1, 0.15) is 6.92 Å². The maximum Gasteiger partial charge on any atom is 0.325 e. The molecule has 0 bridgehead atoms. The van der Waals surface area contributed by atoms with Gasteiger partial charge in [0.15, 0.2) is 0 Å². The van der Waals surface area contributed by atoms with Gasteiger partial charge in [-0.15, -0.1) is 11.5 Å². The fraction of sp³-hybridized carbons (Fsp3) is 0.444. The number of carbonyl (C=O) groups is 2. The monoisotopic (exact) mass is 269 g/mol. The van der Waals surface area contributed by atoms with E-state index in [1.54, 1.807) is 6.92 Å². The summed E-state index contributed by atoms with van der Waals surface area (Å²) in [7, 11) is 0. The van der Waals surface area contributed by atoms with Gasteiger partial charge in [0.1, 0.15) is 6.54 Å². The number of tetrazole rings is 1. The number of nitrogens with zero attached hydrogens (tertiary/aromatic N) is 4. The fourth-order valence-electron chi connectivity index (χ4n) is 1.00. The highest BCUT2D eigenvalue weighted by Gasteiger charge is 2.18. The Balaban J connectivity index is 2.61. The number of hydrogen-bond donors (Lipinski definition) is 2. The van der Waals surface area contributed by atoms with E-state index in [0.717, 1.165) is 16.4 Å². The molecule has 9 heteroatoms. The van der Waals surface area contributed by atoms with Gasteiger partial charge < -0.3 is 10.4 Å². The highest BCUT2D eigenvalue weighted by atomic mass is 32.2. The number of thioether (sulfide) groups is 1. The number of aliphatic carboxylic acids is 1. The van der Waals surface area contributed by atoms with Crippen LogP contribution in [0.4, 0.5) is 0 Å². The molecule has 0 saturated carbocycles. The Hall–Kier alpha value is -2.08. The Kier molecular flexibility index (Phi) is 5.13. The number of hydrogen-bond acceptors (Lipinski definition) is 6. The molecular formula is C9H11N5O3S.